The number of nitrogens with two attached hydrogens (primary N) is 1. The number of nitrogens with zero attached hydrogens (tertiary/aromatic N) is 1. The standard InChI is InChI=1S/C11H24N2/c1-8(2)10(12)13-7-11(5,6)9(3)4/h8-9H,7H2,1-6H3,(H2,12,13). The van der Waals surface area contributed by atoms with E-state index in [0.29, 0.717) is 11.8 Å². The van der Waals surface area contributed by atoms with Crippen molar-refractivity contribution in [1.29, 1.82) is 0 Å². The summed E-state index contributed by atoms with van der Waals surface area (Å²) in [4.78, 5) is 4.41. The molecule has 0 radical (unpaired) electrons. The monoisotopic (exact) mass is 184 g/mol. The van der Waals surface area contributed by atoms with Crippen LogP contribution < -0.4 is 5.73 Å². The Morgan fingerprint density at radius 1 is 1.23 bits per heavy atom. The van der Waals surface area contributed by atoms with Gasteiger partial charge >= 0.3 is 0 Å². The Hall–Kier alpha value is -0.530. The minimum Gasteiger partial charge on any atom is -0.387 e. The van der Waals surface area contributed by atoms with Gasteiger partial charge in [0.1, 0.15) is 0 Å². The van der Waals surface area contributed by atoms with Gasteiger partial charge in [0.25, 0.3) is 0 Å². The van der Waals surface area contributed by atoms with Crippen LogP contribution in [0.4, 0.5) is 0 Å². The Morgan fingerprint density at radius 3 is 2.00 bits per heavy atom. The molecule has 0 aromatic heterocycles. The van der Waals surface area contributed by atoms with E-state index in [1.165, 1.54) is 0 Å². The molecule has 0 amide bonds. The first-order valence-corrected chi connectivity index (χ1v) is 5.07. The van der Waals surface area contributed by atoms with Crippen LogP contribution in [0.5, 0.6) is 0 Å². The van der Waals surface area contributed by atoms with Crippen LogP contribution in [-0.2, 0) is 0 Å². The molecule has 2 N–H and O–H groups in total. The van der Waals surface area contributed by atoms with Crippen molar-refractivity contribution >= 4 is 5.84 Å². The van der Waals surface area contributed by atoms with Crippen LogP contribution in [0.15, 0.2) is 4.99 Å². The molecule has 0 unspecified atom stereocenters. The van der Waals surface area contributed by atoms with E-state index in [1.54, 1.807) is 0 Å². The topological polar surface area (TPSA) is 38.4 Å². The Labute approximate surface area is 82.6 Å². The lowest BCUT2D eigenvalue weighted by Gasteiger charge is -2.27. The van der Waals surface area contributed by atoms with Crippen LogP contribution in [0.3, 0.4) is 0 Å². The van der Waals surface area contributed by atoms with Crippen molar-refractivity contribution in [2.24, 2.45) is 28.0 Å². The fourth-order valence-electron chi connectivity index (χ4n) is 0.660. The van der Waals surface area contributed by atoms with Gasteiger partial charge < -0.3 is 5.73 Å². The summed E-state index contributed by atoms with van der Waals surface area (Å²) in [5, 5.41) is 0. The number of hydrogen-bond donors (Lipinski definition) is 1. The van der Waals surface area contributed by atoms with Gasteiger partial charge in [-0.25, -0.2) is 0 Å². The minimum absolute atomic E-state index is 0.250. The Balaban J connectivity index is 4.22. The zero-order chi connectivity index (χ0) is 10.6. The number of rotatable bonds is 4. The summed E-state index contributed by atoms with van der Waals surface area (Å²) in [6.07, 6.45) is 0. The van der Waals surface area contributed by atoms with Crippen LogP contribution in [-0.4, -0.2) is 12.4 Å². The van der Waals surface area contributed by atoms with Crippen LogP contribution >= 0.6 is 0 Å². The zero-order valence-corrected chi connectivity index (χ0v) is 9.89. The molecule has 0 aliphatic heterocycles. The molecule has 0 rings (SSSR count). The van der Waals surface area contributed by atoms with Crippen molar-refractivity contribution in [1.82, 2.24) is 0 Å². The number of hydrogen-bond acceptors (Lipinski definition) is 1. The predicted octanol–water partition coefficient (Wildman–Crippen LogP) is 2.68. The van der Waals surface area contributed by atoms with Gasteiger partial charge in [-0.15, -0.1) is 0 Å². The summed E-state index contributed by atoms with van der Waals surface area (Å²) in [6.45, 7) is 13.9. The highest BCUT2D eigenvalue weighted by atomic mass is 14.9. The lowest BCUT2D eigenvalue weighted by atomic mass is 9.81. The fourth-order valence-corrected chi connectivity index (χ4v) is 0.660. The Kier molecular flexibility index (Phi) is 4.45. The SMILES string of the molecule is CC(C)C(N)=NCC(C)(C)C(C)C. The summed E-state index contributed by atoms with van der Waals surface area (Å²) in [6, 6.07) is 0. The van der Waals surface area contributed by atoms with E-state index in [4.69, 9.17) is 5.73 Å². The average Bonchev–Trinajstić information content (AvgIpc) is 1.99. The van der Waals surface area contributed by atoms with Crippen molar-refractivity contribution in [3.63, 3.8) is 0 Å². The second-order valence-electron chi connectivity index (χ2n) is 5.04. The van der Waals surface area contributed by atoms with Crippen LogP contribution in [0.25, 0.3) is 0 Å². The van der Waals surface area contributed by atoms with E-state index in [2.05, 4.69) is 46.5 Å². The smallest absolute Gasteiger partial charge is 0.0963 e. The maximum absolute atomic E-state index is 5.77. The molecule has 0 fully saturated rings. The van der Waals surface area contributed by atoms with Crippen LogP contribution in [0.2, 0.25) is 0 Å². The van der Waals surface area contributed by atoms with Gasteiger partial charge in [0.2, 0.25) is 0 Å². The molecule has 0 saturated heterocycles. The first-order chi connectivity index (χ1) is 5.77. The molecular weight excluding hydrogens is 160 g/mol. The molecule has 2 heteroatoms. The van der Waals surface area contributed by atoms with Gasteiger partial charge in [0.05, 0.1) is 5.84 Å². The summed E-state index contributed by atoms with van der Waals surface area (Å²) in [5.74, 6) is 1.77. The summed E-state index contributed by atoms with van der Waals surface area (Å²) < 4.78 is 0. The van der Waals surface area contributed by atoms with E-state index >= 15 is 0 Å². The molecule has 0 heterocycles. The highest BCUT2D eigenvalue weighted by Crippen LogP contribution is 2.26. The van der Waals surface area contributed by atoms with Crippen molar-refractivity contribution in [2.75, 3.05) is 6.54 Å². The van der Waals surface area contributed by atoms with E-state index in [-0.39, 0.29) is 5.41 Å². The third kappa shape index (κ3) is 4.30. The van der Waals surface area contributed by atoms with E-state index in [1.807, 2.05) is 0 Å². The van der Waals surface area contributed by atoms with Gasteiger partial charge in [-0.05, 0) is 11.3 Å². The molecule has 13 heavy (non-hydrogen) atoms. The molecule has 0 atom stereocenters. The van der Waals surface area contributed by atoms with Crippen LogP contribution in [0.1, 0.15) is 41.5 Å². The quantitative estimate of drug-likeness (QED) is 0.529. The Bertz CT molecular complexity index is 179. The highest BCUT2D eigenvalue weighted by molar-refractivity contribution is 5.82. The molecule has 0 aliphatic rings. The third-order valence-corrected chi connectivity index (χ3v) is 2.82. The fraction of sp³-hybridized carbons (Fsp3) is 0.909. The van der Waals surface area contributed by atoms with Crippen molar-refractivity contribution < 1.29 is 0 Å². The van der Waals surface area contributed by atoms with Gasteiger partial charge in [-0.3, -0.25) is 4.99 Å². The normalized spacial score (nSPS) is 14.3. The van der Waals surface area contributed by atoms with Gasteiger partial charge in [0.15, 0.2) is 0 Å². The second-order valence-corrected chi connectivity index (χ2v) is 5.04. The molecule has 0 aliphatic carbocycles. The lowest BCUT2D eigenvalue weighted by Crippen LogP contribution is -2.26. The molecule has 0 bridgehead atoms. The molecule has 0 aromatic rings. The summed E-state index contributed by atoms with van der Waals surface area (Å²) in [7, 11) is 0. The van der Waals surface area contributed by atoms with Crippen molar-refractivity contribution in [3.8, 4) is 0 Å². The van der Waals surface area contributed by atoms with Crippen molar-refractivity contribution in [3.05, 3.63) is 0 Å². The molecular formula is C11H24N2. The predicted molar refractivity (Wildman–Crippen MR) is 59.9 cm³/mol. The third-order valence-electron chi connectivity index (χ3n) is 2.82. The zero-order valence-electron chi connectivity index (χ0n) is 9.89. The van der Waals surface area contributed by atoms with E-state index < -0.39 is 0 Å². The first kappa shape index (κ1) is 12.5. The molecule has 0 aromatic carbocycles. The van der Waals surface area contributed by atoms with E-state index in [9.17, 15) is 0 Å². The minimum atomic E-state index is 0.250. The second kappa shape index (κ2) is 4.64. The lowest BCUT2D eigenvalue weighted by molar-refractivity contribution is 0.261. The van der Waals surface area contributed by atoms with Gasteiger partial charge in [-0.2, -0.15) is 0 Å². The molecule has 78 valence electrons. The maximum atomic E-state index is 5.77. The van der Waals surface area contributed by atoms with Gasteiger partial charge in [-0.1, -0.05) is 41.5 Å². The largest absolute Gasteiger partial charge is 0.387 e. The Morgan fingerprint density at radius 2 is 1.69 bits per heavy atom. The summed E-state index contributed by atoms with van der Waals surface area (Å²) >= 11 is 0. The molecule has 0 spiro atoms. The van der Waals surface area contributed by atoms with Crippen LogP contribution in [0, 0.1) is 17.3 Å². The molecule has 0 saturated carbocycles. The van der Waals surface area contributed by atoms with E-state index in [0.717, 1.165) is 12.4 Å². The van der Waals surface area contributed by atoms with Gasteiger partial charge in [0, 0.05) is 12.5 Å². The number of aliphatic imine (C=N–C) groups is 1. The number of amidine groups is 1. The first-order valence-electron chi connectivity index (χ1n) is 5.07. The molecule has 2 nitrogen and oxygen atoms in total. The maximum Gasteiger partial charge on any atom is 0.0963 e. The van der Waals surface area contributed by atoms with Crippen molar-refractivity contribution in [2.45, 2.75) is 41.5 Å². The summed E-state index contributed by atoms with van der Waals surface area (Å²) in [5.41, 5.74) is 6.02. The highest BCUT2D eigenvalue weighted by Gasteiger charge is 2.21. The average molecular weight is 184 g/mol.